The summed E-state index contributed by atoms with van der Waals surface area (Å²) in [5, 5.41) is 4.73. The molecule has 0 radical (unpaired) electrons. The first-order valence-corrected chi connectivity index (χ1v) is 12.7. The molecule has 1 amide bonds. The van der Waals surface area contributed by atoms with Gasteiger partial charge in [-0.05, 0) is 68.6 Å². The second kappa shape index (κ2) is 10.4. The molecule has 0 spiro atoms. The molecule has 178 valence electrons. The number of amides is 1. The van der Waals surface area contributed by atoms with Crippen LogP contribution in [0.25, 0.3) is 0 Å². The summed E-state index contributed by atoms with van der Waals surface area (Å²) in [6.45, 7) is 12.5. The Morgan fingerprint density at radius 3 is 2.03 bits per heavy atom. The third-order valence-corrected chi connectivity index (χ3v) is 6.61. The smallest absolute Gasteiger partial charge is 0.283 e. The number of nitrogens with zero attached hydrogens (tertiary/aromatic N) is 3. The Balaban J connectivity index is 2.36. The van der Waals surface area contributed by atoms with Crippen LogP contribution in [-0.2, 0) is 27.8 Å². The van der Waals surface area contributed by atoms with Crippen LogP contribution in [-0.4, -0.2) is 43.1 Å². The first-order chi connectivity index (χ1) is 14.7. The molecule has 0 aliphatic rings. The molecule has 1 aromatic carbocycles. The van der Waals surface area contributed by atoms with Gasteiger partial charge in [0.2, 0.25) is 5.91 Å². The third kappa shape index (κ3) is 6.33. The molecule has 9 heteroatoms. The van der Waals surface area contributed by atoms with Crippen LogP contribution in [0, 0.1) is 0 Å². The zero-order valence-electron chi connectivity index (χ0n) is 20.2. The molecule has 0 saturated heterocycles. The first kappa shape index (κ1) is 26.4. The van der Waals surface area contributed by atoms with E-state index in [0.29, 0.717) is 11.6 Å². The number of aromatic nitrogens is 2. The number of carbonyl (C=O) groups is 1. The number of benzene rings is 1. The molecular formula is C23H35ClN4O3S. The van der Waals surface area contributed by atoms with Crippen molar-refractivity contribution in [3.63, 3.8) is 0 Å². The fourth-order valence-corrected chi connectivity index (χ4v) is 4.94. The minimum atomic E-state index is -4.10. The number of nitrogens with one attached hydrogen (secondary N) is 1. The van der Waals surface area contributed by atoms with Crippen molar-refractivity contribution >= 4 is 27.5 Å². The number of sulfonamides is 1. The van der Waals surface area contributed by atoms with E-state index >= 15 is 0 Å². The van der Waals surface area contributed by atoms with E-state index in [1.165, 1.54) is 6.07 Å². The number of hydrogen-bond donors (Lipinski definition) is 1. The SMILES string of the molecule is CC(C)c1cc(Cl)cc(C(C)C)c1CC(=O)NS(=O)(=O)c1cc(CN(C)C)n(C(C)C)n1. The Bertz CT molecular complexity index is 1040. The number of carbonyl (C=O) groups excluding carboxylic acids is 1. The van der Waals surface area contributed by atoms with E-state index < -0.39 is 15.9 Å². The van der Waals surface area contributed by atoms with Gasteiger partial charge in [0, 0.05) is 23.7 Å². The quantitative estimate of drug-likeness (QED) is 0.569. The number of halogens is 1. The normalized spacial score (nSPS) is 12.4. The molecule has 32 heavy (non-hydrogen) atoms. The van der Waals surface area contributed by atoms with Gasteiger partial charge in [-0.1, -0.05) is 39.3 Å². The molecule has 0 aliphatic carbocycles. The van der Waals surface area contributed by atoms with Gasteiger partial charge in [-0.25, -0.2) is 4.72 Å². The van der Waals surface area contributed by atoms with Crippen molar-refractivity contribution in [3.8, 4) is 0 Å². The molecular weight excluding hydrogens is 448 g/mol. The molecule has 1 heterocycles. The molecule has 1 aromatic heterocycles. The van der Waals surface area contributed by atoms with E-state index in [4.69, 9.17) is 11.6 Å². The molecule has 7 nitrogen and oxygen atoms in total. The van der Waals surface area contributed by atoms with E-state index in [-0.39, 0.29) is 29.3 Å². The van der Waals surface area contributed by atoms with Crippen LogP contribution in [0.15, 0.2) is 23.2 Å². The second-order valence-electron chi connectivity index (χ2n) is 9.33. The standard InChI is InChI=1S/C23H35ClN4O3S/c1-14(2)19-9-17(24)10-20(15(3)4)21(19)12-22(29)26-32(30,31)23-11-18(13-27(7)8)28(25-23)16(5)6/h9-11,14-16H,12-13H2,1-8H3,(H,26,29). The van der Waals surface area contributed by atoms with Gasteiger partial charge in [-0.2, -0.15) is 13.5 Å². The fraction of sp³-hybridized carbons (Fsp3) is 0.565. The fourth-order valence-electron chi connectivity index (χ4n) is 3.74. The van der Waals surface area contributed by atoms with Crippen molar-refractivity contribution in [2.45, 2.75) is 77.4 Å². The van der Waals surface area contributed by atoms with Gasteiger partial charge in [0.15, 0.2) is 5.03 Å². The molecule has 0 aliphatic heterocycles. The van der Waals surface area contributed by atoms with Gasteiger partial charge in [-0.15, -0.1) is 0 Å². The summed E-state index contributed by atoms with van der Waals surface area (Å²) in [4.78, 5) is 14.8. The van der Waals surface area contributed by atoms with Gasteiger partial charge >= 0.3 is 0 Å². The van der Waals surface area contributed by atoms with Crippen molar-refractivity contribution in [1.29, 1.82) is 0 Å². The Morgan fingerprint density at radius 2 is 1.59 bits per heavy atom. The van der Waals surface area contributed by atoms with E-state index in [9.17, 15) is 13.2 Å². The zero-order chi connectivity index (χ0) is 24.4. The summed E-state index contributed by atoms with van der Waals surface area (Å²) in [6.07, 6.45) is -0.0487. The first-order valence-electron chi connectivity index (χ1n) is 10.8. The van der Waals surface area contributed by atoms with Gasteiger partial charge in [0.1, 0.15) is 0 Å². The zero-order valence-corrected chi connectivity index (χ0v) is 21.8. The van der Waals surface area contributed by atoms with Crippen LogP contribution < -0.4 is 4.72 Å². The molecule has 2 rings (SSSR count). The third-order valence-electron chi connectivity index (χ3n) is 5.15. The van der Waals surface area contributed by atoms with Crippen LogP contribution in [0.4, 0.5) is 0 Å². The van der Waals surface area contributed by atoms with Crippen LogP contribution in [0.3, 0.4) is 0 Å². The van der Waals surface area contributed by atoms with Crippen molar-refractivity contribution in [2.75, 3.05) is 14.1 Å². The van der Waals surface area contributed by atoms with Gasteiger partial charge in [-0.3, -0.25) is 9.48 Å². The lowest BCUT2D eigenvalue weighted by Crippen LogP contribution is -2.32. The molecule has 2 aromatic rings. The van der Waals surface area contributed by atoms with E-state index in [1.54, 1.807) is 4.68 Å². The average Bonchev–Trinajstić information content (AvgIpc) is 3.06. The minimum Gasteiger partial charge on any atom is -0.304 e. The highest BCUT2D eigenvalue weighted by atomic mass is 35.5. The van der Waals surface area contributed by atoms with Crippen LogP contribution in [0.5, 0.6) is 0 Å². The van der Waals surface area contributed by atoms with Gasteiger partial charge in [0.25, 0.3) is 10.0 Å². The molecule has 0 atom stereocenters. The highest BCUT2D eigenvalue weighted by Gasteiger charge is 2.26. The van der Waals surface area contributed by atoms with Crippen molar-refractivity contribution in [2.24, 2.45) is 0 Å². The largest absolute Gasteiger partial charge is 0.304 e. The predicted molar refractivity (Wildman–Crippen MR) is 129 cm³/mol. The monoisotopic (exact) mass is 482 g/mol. The summed E-state index contributed by atoms with van der Waals surface area (Å²) in [5.41, 5.74) is 3.49. The molecule has 0 bridgehead atoms. The van der Waals surface area contributed by atoms with E-state index in [0.717, 1.165) is 22.4 Å². The van der Waals surface area contributed by atoms with Crippen molar-refractivity contribution in [1.82, 2.24) is 19.4 Å². The predicted octanol–water partition coefficient (Wildman–Crippen LogP) is 4.47. The lowest BCUT2D eigenvalue weighted by atomic mass is 9.87. The van der Waals surface area contributed by atoms with Crippen LogP contribution in [0.1, 0.15) is 81.8 Å². The van der Waals surface area contributed by atoms with E-state index in [2.05, 4.69) is 9.82 Å². The Labute approximate surface area is 197 Å². The van der Waals surface area contributed by atoms with Crippen LogP contribution in [0.2, 0.25) is 5.02 Å². The Kier molecular flexibility index (Phi) is 8.53. The summed E-state index contributed by atoms with van der Waals surface area (Å²) in [5.74, 6) is -0.314. The molecule has 0 fully saturated rings. The topological polar surface area (TPSA) is 84.3 Å². The lowest BCUT2D eigenvalue weighted by Gasteiger charge is -2.20. The van der Waals surface area contributed by atoms with Crippen molar-refractivity contribution < 1.29 is 13.2 Å². The highest BCUT2D eigenvalue weighted by molar-refractivity contribution is 7.90. The highest BCUT2D eigenvalue weighted by Crippen LogP contribution is 2.32. The lowest BCUT2D eigenvalue weighted by molar-refractivity contribution is -0.118. The van der Waals surface area contributed by atoms with Crippen LogP contribution >= 0.6 is 11.6 Å². The number of rotatable bonds is 9. The number of hydrogen-bond acceptors (Lipinski definition) is 5. The van der Waals surface area contributed by atoms with Gasteiger partial charge < -0.3 is 4.90 Å². The summed E-state index contributed by atoms with van der Waals surface area (Å²) in [6, 6.07) is 5.22. The van der Waals surface area contributed by atoms with Crippen molar-refractivity contribution in [3.05, 3.63) is 45.6 Å². The summed E-state index contributed by atoms with van der Waals surface area (Å²) >= 11 is 6.30. The van der Waals surface area contributed by atoms with E-state index in [1.807, 2.05) is 72.7 Å². The Morgan fingerprint density at radius 1 is 1.06 bits per heavy atom. The molecule has 0 unspecified atom stereocenters. The second-order valence-corrected chi connectivity index (χ2v) is 11.4. The molecule has 1 N–H and O–H groups in total. The average molecular weight is 483 g/mol. The maximum Gasteiger partial charge on any atom is 0.283 e. The Hall–Kier alpha value is -1.90. The maximum atomic E-state index is 13.0. The minimum absolute atomic E-state index is 0.0131. The molecule has 0 saturated carbocycles. The summed E-state index contributed by atoms with van der Waals surface area (Å²) < 4.78 is 29.8. The van der Waals surface area contributed by atoms with Gasteiger partial charge in [0.05, 0.1) is 12.1 Å². The summed E-state index contributed by atoms with van der Waals surface area (Å²) in [7, 11) is -0.299. The maximum absolute atomic E-state index is 13.0.